The molecule has 1 aromatic carbocycles. The van der Waals surface area contributed by atoms with Crippen LogP contribution in [-0.2, 0) is 4.79 Å². The molecular weight excluding hydrogens is 188 g/mol. The molecule has 1 aromatic rings. The minimum atomic E-state index is 0.221. The Morgan fingerprint density at radius 3 is 2.60 bits per heavy atom. The number of Topliss-reactive ketones (excluding diaryl/α,β-unsaturated/α-hetero) is 1. The van der Waals surface area contributed by atoms with Crippen LogP contribution in [0.5, 0.6) is 5.75 Å². The summed E-state index contributed by atoms with van der Waals surface area (Å²) in [5, 5.41) is 0. The maximum atomic E-state index is 11.2. The van der Waals surface area contributed by atoms with Gasteiger partial charge in [0.25, 0.3) is 0 Å². The average molecular weight is 204 g/mol. The molecule has 0 unspecified atom stereocenters. The summed E-state index contributed by atoms with van der Waals surface area (Å²) in [7, 11) is 0. The first-order valence-electron chi connectivity index (χ1n) is 5.48. The van der Waals surface area contributed by atoms with Crippen LogP contribution in [0.25, 0.3) is 0 Å². The molecular formula is C13H16O2. The topological polar surface area (TPSA) is 26.3 Å². The monoisotopic (exact) mass is 204 g/mol. The molecule has 0 aliphatic heterocycles. The van der Waals surface area contributed by atoms with Gasteiger partial charge in [-0.05, 0) is 38.3 Å². The summed E-state index contributed by atoms with van der Waals surface area (Å²) in [5.74, 6) is 1.43. The standard InChI is InChI=1S/C13H16O2/c1-10(14)11-7-8-13(9-11)15-12-5-3-2-4-6-12/h2-6,11,13H,7-9H2,1H3/t11-,13-/m1/s1. The lowest BCUT2D eigenvalue weighted by Gasteiger charge is -2.13. The van der Waals surface area contributed by atoms with Crippen LogP contribution in [0.1, 0.15) is 26.2 Å². The Morgan fingerprint density at radius 2 is 2.00 bits per heavy atom. The maximum absolute atomic E-state index is 11.2. The van der Waals surface area contributed by atoms with Crippen molar-refractivity contribution in [1.29, 1.82) is 0 Å². The van der Waals surface area contributed by atoms with Gasteiger partial charge in [-0.3, -0.25) is 4.79 Å². The molecule has 2 rings (SSSR count). The molecule has 2 atom stereocenters. The zero-order chi connectivity index (χ0) is 10.7. The number of ether oxygens (including phenoxy) is 1. The lowest BCUT2D eigenvalue weighted by Crippen LogP contribution is -2.14. The molecule has 1 aliphatic carbocycles. The first-order chi connectivity index (χ1) is 7.25. The van der Waals surface area contributed by atoms with Gasteiger partial charge in [-0.15, -0.1) is 0 Å². The molecule has 0 heterocycles. The molecule has 0 N–H and O–H groups in total. The Balaban J connectivity index is 1.90. The third-order valence-corrected chi connectivity index (χ3v) is 3.01. The molecule has 2 heteroatoms. The van der Waals surface area contributed by atoms with Crippen LogP contribution in [0.2, 0.25) is 0 Å². The van der Waals surface area contributed by atoms with E-state index < -0.39 is 0 Å². The van der Waals surface area contributed by atoms with Gasteiger partial charge in [0.05, 0.1) is 6.10 Å². The summed E-state index contributed by atoms with van der Waals surface area (Å²) in [6, 6.07) is 9.82. The zero-order valence-electron chi connectivity index (χ0n) is 8.98. The summed E-state index contributed by atoms with van der Waals surface area (Å²) >= 11 is 0. The van der Waals surface area contributed by atoms with E-state index in [1.54, 1.807) is 6.92 Å². The normalized spacial score (nSPS) is 25.1. The predicted molar refractivity (Wildman–Crippen MR) is 58.9 cm³/mol. The minimum absolute atomic E-state index is 0.221. The Bertz CT molecular complexity index is 332. The fraction of sp³-hybridized carbons (Fsp3) is 0.462. The number of benzene rings is 1. The van der Waals surface area contributed by atoms with Crippen LogP contribution >= 0.6 is 0 Å². The van der Waals surface area contributed by atoms with E-state index in [0.717, 1.165) is 25.0 Å². The van der Waals surface area contributed by atoms with Crippen molar-refractivity contribution in [2.45, 2.75) is 32.3 Å². The maximum Gasteiger partial charge on any atom is 0.133 e. The first kappa shape index (κ1) is 10.2. The van der Waals surface area contributed by atoms with Gasteiger partial charge in [-0.1, -0.05) is 18.2 Å². The van der Waals surface area contributed by atoms with Gasteiger partial charge in [0, 0.05) is 5.92 Å². The number of hydrogen-bond acceptors (Lipinski definition) is 2. The van der Waals surface area contributed by atoms with E-state index >= 15 is 0 Å². The number of rotatable bonds is 3. The van der Waals surface area contributed by atoms with Gasteiger partial charge < -0.3 is 4.74 Å². The van der Waals surface area contributed by atoms with Gasteiger partial charge >= 0.3 is 0 Å². The number of hydrogen-bond donors (Lipinski definition) is 0. The highest BCUT2D eigenvalue weighted by atomic mass is 16.5. The van der Waals surface area contributed by atoms with Gasteiger partial charge in [-0.25, -0.2) is 0 Å². The molecule has 1 aliphatic rings. The van der Waals surface area contributed by atoms with E-state index in [4.69, 9.17) is 4.74 Å². The fourth-order valence-electron chi connectivity index (χ4n) is 2.11. The molecule has 0 saturated heterocycles. The summed E-state index contributed by atoms with van der Waals surface area (Å²) < 4.78 is 5.80. The minimum Gasteiger partial charge on any atom is -0.490 e. The second kappa shape index (κ2) is 4.47. The van der Waals surface area contributed by atoms with Crippen molar-refractivity contribution in [3.63, 3.8) is 0 Å². The SMILES string of the molecule is CC(=O)[C@@H]1CC[C@@H](Oc2ccccc2)C1. The number of para-hydroxylation sites is 1. The molecule has 1 saturated carbocycles. The quantitative estimate of drug-likeness (QED) is 0.756. The van der Waals surface area contributed by atoms with Crippen molar-refractivity contribution in [2.75, 3.05) is 0 Å². The van der Waals surface area contributed by atoms with Crippen LogP contribution in [0.4, 0.5) is 0 Å². The summed E-state index contributed by atoms with van der Waals surface area (Å²) in [6.07, 6.45) is 3.08. The van der Waals surface area contributed by atoms with Crippen LogP contribution in [0.15, 0.2) is 30.3 Å². The van der Waals surface area contributed by atoms with Gasteiger partial charge in [0.2, 0.25) is 0 Å². The average Bonchev–Trinajstić information content (AvgIpc) is 2.68. The summed E-state index contributed by atoms with van der Waals surface area (Å²) in [6.45, 7) is 1.68. The van der Waals surface area contributed by atoms with Gasteiger partial charge in [0.1, 0.15) is 11.5 Å². The second-order valence-electron chi connectivity index (χ2n) is 4.17. The van der Waals surface area contributed by atoms with E-state index in [1.807, 2.05) is 30.3 Å². The Morgan fingerprint density at radius 1 is 1.27 bits per heavy atom. The van der Waals surface area contributed by atoms with E-state index in [9.17, 15) is 4.79 Å². The van der Waals surface area contributed by atoms with Gasteiger partial charge in [0.15, 0.2) is 0 Å². The molecule has 15 heavy (non-hydrogen) atoms. The fourth-order valence-corrected chi connectivity index (χ4v) is 2.11. The molecule has 0 aromatic heterocycles. The molecule has 0 spiro atoms. The highest BCUT2D eigenvalue weighted by Gasteiger charge is 2.28. The lowest BCUT2D eigenvalue weighted by atomic mass is 10.0. The van der Waals surface area contributed by atoms with Crippen molar-refractivity contribution in [2.24, 2.45) is 5.92 Å². The molecule has 0 amide bonds. The van der Waals surface area contributed by atoms with Crippen molar-refractivity contribution in [1.82, 2.24) is 0 Å². The number of carbonyl (C=O) groups is 1. The highest BCUT2D eigenvalue weighted by molar-refractivity contribution is 5.78. The smallest absolute Gasteiger partial charge is 0.133 e. The van der Waals surface area contributed by atoms with Crippen LogP contribution < -0.4 is 4.74 Å². The van der Waals surface area contributed by atoms with Crippen molar-refractivity contribution >= 4 is 5.78 Å². The van der Waals surface area contributed by atoms with Crippen LogP contribution in [-0.4, -0.2) is 11.9 Å². The zero-order valence-corrected chi connectivity index (χ0v) is 8.98. The lowest BCUT2D eigenvalue weighted by molar-refractivity contribution is -0.120. The molecule has 2 nitrogen and oxygen atoms in total. The van der Waals surface area contributed by atoms with E-state index in [2.05, 4.69) is 0 Å². The van der Waals surface area contributed by atoms with E-state index in [-0.39, 0.29) is 12.0 Å². The molecule has 0 radical (unpaired) electrons. The third-order valence-electron chi connectivity index (χ3n) is 3.01. The van der Waals surface area contributed by atoms with E-state index in [1.165, 1.54) is 0 Å². The number of carbonyl (C=O) groups excluding carboxylic acids is 1. The summed E-state index contributed by atoms with van der Waals surface area (Å²) in [4.78, 5) is 11.2. The first-order valence-corrected chi connectivity index (χ1v) is 5.48. The Kier molecular flexibility index (Phi) is 3.05. The van der Waals surface area contributed by atoms with Gasteiger partial charge in [-0.2, -0.15) is 0 Å². The van der Waals surface area contributed by atoms with Crippen LogP contribution in [0.3, 0.4) is 0 Å². The molecule has 1 fully saturated rings. The molecule has 0 bridgehead atoms. The largest absolute Gasteiger partial charge is 0.490 e. The summed E-state index contributed by atoms with van der Waals surface area (Å²) in [5.41, 5.74) is 0. The molecule has 80 valence electrons. The second-order valence-corrected chi connectivity index (χ2v) is 4.17. The Labute approximate surface area is 90.3 Å². The van der Waals surface area contributed by atoms with Crippen molar-refractivity contribution in [3.05, 3.63) is 30.3 Å². The van der Waals surface area contributed by atoms with Crippen molar-refractivity contribution in [3.8, 4) is 5.75 Å². The third kappa shape index (κ3) is 2.58. The predicted octanol–water partition coefficient (Wildman–Crippen LogP) is 2.82. The highest BCUT2D eigenvalue weighted by Crippen LogP contribution is 2.29. The van der Waals surface area contributed by atoms with E-state index in [0.29, 0.717) is 5.78 Å². The Hall–Kier alpha value is -1.31. The van der Waals surface area contributed by atoms with Crippen LogP contribution in [0, 0.1) is 5.92 Å². The van der Waals surface area contributed by atoms with Crippen molar-refractivity contribution < 1.29 is 9.53 Å². The number of ketones is 1.